The number of carboxylic acid groups (broad SMARTS) is 1. The van der Waals surface area contributed by atoms with E-state index in [-0.39, 0.29) is 31.1 Å². The molecule has 6 amide bonds. The van der Waals surface area contributed by atoms with E-state index in [1.165, 1.54) is 35.7 Å². The molecule has 16 nitrogen and oxygen atoms in total. The minimum absolute atomic E-state index is 0.00195. The summed E-state index contributed by atoms with van der Waals surface area (Å²) in [6, 6.07) is 1.06. The van der Waals surface area contributed by atoms with Gasteiger partial charge in [-0.25, -0.2) is 0 Å². The molecule has 272 valence electrons. The van der Waals surface area contributed by atoms with Crippen LogP contribution in [0.1, 0.15) is 52.0 Å². The summed E-state index contributed by atoms with van der Waals surface area (Å²) in [5, 5.41) is 31.1. The van der Waals surface area contributed by atoms with Crippen molar-refractivity contribution >= 4 is 53.2 Å². The number of amides is 6. The molecule has 17 heteroatoms. The van der Waals surface area contributed by atoms with Gasteiger partial charge in [0.05, 0.1) is 12.6 Å². The van der Waals surface area contributed by atoms with Gasteiger partial charge in [0, 0.05) is 13.0 Å². The van der Waals surface area contributed by atoms with Crippen molar-refractivity contribution < 1.29 is 43.8 Å². The molecule has 1 aliphatic rings. The number of rotatable bonds is 19. The Morgan fingerprint density at radius 3 is 2.14 bits per heavy atom. The molecule has 2 rings (SSSR count). The number of nitrogens with zero attached hydrogens (tertiary/aromatic N) is 1. The second kappa shape index (κ2) is 20.2. The smallest absolute Gasteiger partial charge is 0.322 e. The zero-order valence-electron chi connectivity index (χ0n) is 28.3. The van der Waals surface area contributed by atoms with Crippen LogP contribution < -0.4 is 32.3 Å². The van der Waals surface area contributed by atoms with E-state index in [0.29, 0.717) is 30.6 Å². The molecule has 0 unspecified atom stereocenters. The fourth-order valence-electron chi connectivity index (χ4n) is 5.15. The molecule has 49 heavy (non-hydrogen) atoms. The van der Waals surface area contributed by atoms with E-state index in [1.807, 2.05) is 20.1 Å². The van der Waals surface area contributed by atoms with Gasteiger partial charge in [0.25, 0.3) is 0 Å². The molecule has 0 saturated carbocycles. The Morgan fingerprint density at radius 2 is 1.55 bits per heavy atom. The fraction of sp³-hybridized carbons (Fsp3) is 0.594. The summed E-state index contributed by atoms with van der Waals surface area (Å²) in [6.45, 7) is 4.30. The minimum atomic E-state index is -1.25. The maximum absolute atomic E-state index is 13.8. The van der Waals surface area contributed by atoms with Crippen molar-refractivity contribution in [3.63, 3.8) is 0 Å². The van der Waals surface area contributed by atoms with Crippen molar-refractivity contribution in [2.24, 2.45) is 11.7 Å². The third-order valence-corrected chi connectivity index (χ3v) is 8.33. The molecule has 0 aliphatic carbocycles. The average Bonchev–Trinajstić information content (AvgIpc) is 3.54. The molecule has 5 atom stereocenters. The van der Waals surface area contributed by atoms with Crippen molar-refractivity contribution in [3.05, 3.63) is 29.8 Å². The first-order chi connectivity index (χ1) is 23.1. The van der Waals surface area contributed by atoms with E-state index in [9.17, 15) is 38.7 Å². The first kappa shape index (κ1) is 40.8. The van der Waals surface area contributed by atoms with E-state index in [4.69, 9.17) is 10.8 Å². The molecule has 0 radical (unpaired) electrons. The number of hydrogen-bond donors (Lipinski definition) is 8. The summed E-state index contributed by atoms with van der Waals surface area (Å²) in [5.74, 6) is -4.36. The number of thioether (sulfide) groups is 1. The highest BCUT2D eigenvalue weighted by Gasteiger charge is 2.39. The molecule has 0 bridgehead atoms. The van der Waals surface area contributed by atoms with E-state index < -0.39 is 84.7 Å². The highest BCUT2D eigenvalue weighted by Crippen LogP contribution is 2.21. The first-order valence-corrected chi connectivity index (χ1v) is 17.5. The summed E-state index contributed by atoms with van der Waals surface area (Å²) >= 11 is 1.50. The molecule has 1 fully saturated rings. The Kier molecular flexibility index (Phi) is 16.8. The molecule has 1 aliphatic heterocycles. The Bertz CT molecular complexity index is 1330. The fourth-order valence-corrected chi connectivity index (χ4v) is 5.62. The van der Waals surface area contributed by atoms with Gasteiger partial charge in [-0.3, -0.25) is 33.6 Å². The third kappa shape index (κ3) is 13.9. The van der Waals surface area contributed by atoms with Crippen LogP contribution in [0.3, 0.4) is 0 Å². The molecule has 0 spiro atoms. The zero-order chi connectivity index (χ0) is 36.7. The quantitative estimate of drug-likeness (QED) is 0.0852. The molecular formula is C32H49N7O9S. The van der Waals surface area contributed by atoms with Crippen LogP contribution in [0.2, 0.25) is 0 Å². The largest absolute Gasteiger partial charge is 0.508 e. The number of phenolic OH excluding ortho intramolecular Hbond substituents is 1. The monoisotopic (exact) mass is 707 g/mol. The molecule has 1 saturated heterocycles. The summed E-state index contributed by atoms with van der Waals surface area (Å²) < 4.78 is 0. The van der Waals surface area contributed by atoms with Crippen molar-refractivity contribution in [3.8, 4) is 5.75 Å². The lowest BCUT2D eigenvalue weighted by molar-refractivity contribution is -0.142. The minimum Gasteiger partial charge on any atom is -0.508 e. The second-order valence-electron chi connectivity index (χ2n) is 12.3. The Labute approximate surface area is 290 Å². The van der Waals surface area contributed by atoms with E-state index in [1.54, 1.807) is 12.1 Å². The van der Waals surface area contributed by atoms with Gasteiger partial charge in [-0.2, -0.15) is 11.8 Å². The number of nitrogens with two attached hydrogens (primary N) is 1. The Balaban J connectivity index is 2.27. The lowest BCUT2D eigenvalue weighted by Crippen LogP contribution is -2.59. The maximum Gasteiger partial charge on any atom is 0.322 e. The summed E-state index contributed by atoms with van der Waals surface area (Å²) in [6.07, 6.45) is 3.21. The molecule has 9 N–H and O–H groups in total. The van der Waals surface area contributed by atoms with Crippen LogP contribution in [0.4, 0.5) is 0 Å². The van der Waals surface area contributed by atoms with Gasteiger partial charge in [0.2, 0.25) is 35.4 Å². The predicted octanol–water partition coefficient (Wildman–Crippen LogP) is -1.16. The number of carbonyl (C=O) groups excluding carboxylic acids is 6. The number of carboxylic acids is 1. The van der Waals surface area contributed by atoms with Crippen LogP contribution in [-0.2, 0) is 40.0 Å². The van der Waals surface area contributed by atoms with Crippen molar-refractivity contribution in [1.29, 1.82) is 0 Å². The van der Waals surface area contributed by atoms with E-state index in [2.05, 4.69) is 26.6 Å². The van der Waals surface area contributed by atoms with Gasteiger partial charge in [0.1, 0.15) is 36.5 Å². The normalized spacial score (nSPS) is 16.5. The topological polar surface area (TPSA) is 249 Å². The number of phenols is 1. The first-order valence-electron chi connectivity index (χ1n) is 16.1. The highest BCUT2D eigenvalue weighted by atomic mass is 32.2. The van der Waals surface area contributed by atoms with Crippen LogP contribution >= 0.6 is 11.8 Å². The van der Waals surface area contributed by atoms with Crippen LogP contribution in [0.5, 0.6) is 5.75 Å². The summed E-state index contributed by atoms with van der Waals surface area (Å²) in [7, 11) is 0. The second-order valence-corrected chi connectivity index (χ2v) is 13.3. The van der Waals surface area contributed by atoms with Gasteiger partial charge in [-0.05, 0) is 68.2 Å². The SMILES string of the molecule is CSCC[C@H](NC(=O)[C@H](C)N)C(=O)N1CCC[C@H]1C(=O)N[C@@H](Cc1ccc(O)cc1)C(=O)N[C@@H](CC(C)C)C(=O)NCC(=O)NCC(=O)O. The molecule has 0 aromatic heterocycles. The highest BCUT2D eigenvalue weighted by molar-refractivity contribution is 7.98. The standard InChI is InChI=1S/C32H49N7O9S/c1-18(2)14-23(29(45)35-16-26(41)34-17-27(42)43)37-30(46)24(15-20-7-9-21(40)10-8-20)38-31(47)25-6-5-12-39(25)32(48)22(11-13-49-4)36-28(44)19(3)33/h7-10,18-19,22-25,40H,5-6,11-17,33H2,1-4H3,(H,34,41)(H,35,45)(H,36,44)(H,37,46)(H,38,47)(H,42,43)/t19-,22-,23-,24-,25-/m0/s1. The van der Waals surface area contributed by atoms with Crippen LogP contribution in [0.15, 0.2) is 24.3 Å². The lowest BCUT2D eigenvalue weighted by Gasteiger charge is -2.30. The van der Waals surface area contributed by atoms with Crippen molar-refractivity contribution in [1.82, 2.24) is 31.5 Å². The third-order valence-electron chi connectivity index (χ3n) is 7.69. The van der Waals surface area contributed by atoms with E-state index >= 15 is 0 Å². The van der Waals surface area contributed by atoms with Crippen molar-refractivity contribution in [2.45, 2.75) is 83.1 Å². The predicted molar refractivity (Wildman–Crippen MR) is 182 cm³/mol. The van der Waals surface area contributed by atoms with Gasteiger partial charge >= 0.3 is 5.97 Å². The number of nitrogens with one attached hydrogen (secondary N) is 5. The summed E-state index contributed by atoms with van der Waals surface area (Å²) in [4.78, 5) is 90.7. The number of carbonyl (C=O) groups is 7. The van der Waals surface area contributed by atoms with Crippen LogP contribution in [-0.4, -0.2) is 118 Å². The molecule has 1 heterocycles. The Hall–Kier alpha value is -4.38. The Morgan fingerprint density at radius 1 is 0.898 bits per heavy atom. The van der Waals surface area contributed by atoms with Gasteiger partial charge in [0.15, 0.2) is 0 Å². The van der Waals surface area contributed by atoms with Gasteiger partial charge in [-0.15, -0.1) is 0 Å². The number of hydrogen-bond acceptors (Lipinski definition) is 10. The van der Waals surface area contributed by atoms with Crippen LogP contribution in [0.25, 0.3) is 0 Å². The number of aromatic hydroxyl groups is 1. The zero-order valence-corrected chi connectivity index (χ0v) is 29.1. The lowest BCUT2D eigenvalue weighted by atomic mass is 10.0. The molecule has 1 aromatic rings. The molecular weight excluding hydrogens is 658 g/mol. The molecule has 1 aromatic carbocycles. The van der Waals surface area contributed by atoms with Gasteiger partial charge < -0.3 is 47.4 Å². The van der Waals surface area contributed by atoms with E-state index in [0.717, 1.165) is 0 Å². The van der Waals surface area contributed by atoms with Crippen molar-refractivity contribution in [2.75, 3.05) is 31.6 Å². The van der Waals surface area contributed by atoms with Gasteiger partial charge in [-0.1, -0.05) is 26.0 Å². The number of aliphatic carboxylic acids is 1. The number of benzene rings is 1. The maximum atomic E-state index is 13.8. The van der Waals surface area contributed by atoms with Crippen LogP contribution in [0, 0.1) is 5.92 Å². The average molecular weight is 708 g/mol. The summed E-state index contributed by atoms with van der Waals surface area (Å²) in [5.41, 5.74) is 6.30. The number of likely N-dealkylation sites (tertiary alicyclic amines) is 1.